The van der Waals surface area contributed by atoms with Crippen molar-refractivity contribution >= 4 is 16.9 Å². The maximum absolute atomic E-state index is 11.9. The minimum atomic E-state index is -0.314. The third kappa shape index (κ3) is 1.93. The predicted octanol–water partition coefficient (Wildman–Crippen LogP) is 1.80. The van der Waals surface area contributed by atoms with E-state index < -0.39 is 0 Å². The molecule has 0 bridgehead atoms. The van der Waals surface area contributed by atoms with Gasteiger partial charge in [0, 0.05) is 20.2 Å². The Morgan fingerprint density at radius 3 is 2.65 bits per heavy atom. The molecule has 0 aliphatic rings. The van der Waals surface area contributed by atoms with Crippen LogP contribution in [0.1, 0.15) is 16.1 Å². The van der Waals surface area contributed by atoms with Gasteiger partial charge < -0.3 is 9.32 Å². The first-order valence-electron chi connectivity index (χ1n) is 5.26. The number of fused-ring (bicyclic) bond motifs is 1. The number of hydrogen-bond donors (Lipinski definition) is 0. The molecule has 1 aromatic carbocycles. The fourth-order valence-electron chi connectivity index (χ4n) is 1.71. The highest BCUT2D eigenvalue weighted by Gasteiger charge is 2.14. The van der Waals surface area contributed by atoms with Gasteiger partial charge in [0.05, 0.1) is 5.39 Å². The van der Waals surface area contributed by atoms with Crippen molar-refractivity contribution in [1.29, 1.82) is 0 Å². The van der Waals surface area contributed by atoms with Crippen molar-refractivity contribution in [3.05, 3.63) is 45.8 Å². The van der Waals surface area contributed by atoms with Crippen LogP contribution >= 0.6 is 0 Å². The molecular weight excluding hydrogens is 218 g/mol. The van der Waals surface area contributed by atoms with Crippen molar-refractivity contribution in [1.82, 2.24) is 4.90 Å². The summed E-state index contributed by atoms with van der Waals surface area (Å²) in [5, 5.41) is 0.530. The van der Waals surface area contributed by atoms with Crippen molar-refractivity contribution in [2.24, 2.45) is 0 Å². The van der Waals surface area contributed by atoms with Crippen LogP contribution in [0.3, 0.4) is 0 Å². The molecule has 2 rings (SSSR count). The lowest BCUT2D eigenvalue weighted by Gasteiger charge is -2.09. The SMILES string of the molecule is Cc1cccc2oc(C(=O)N(C)C)cc(=O)c12. The number of aryl methyl sites for hydroxylation is 1. The zero-order valence-electron chi connectivity index (χ0n) is 9.98. The van der Waals surface area contributed by atoms with Gasteiger partial charge >= 0.3 is 0 Å². The Labute approximate surface area is 98.5 Å². The third-order valence-electron chi connectivity index (χ3n) is 2.58. The van der Waals surface area contributed by atoms with Crippen molar-refractivity contribution in [3.8, 4) is 0 Å². The molecule has 88 valence electrons. The van der Waals surface area contributed by atoms with Gasteiger partial charge in [-0.25, -0.2) is 0 Å². The molecule has 0 fully saturated rings. The van der Waals surface area contributed by atoms with Crippen molar-refractivity contribution in [2.75, 3.05) is 14.1 Å². The van der Waals surface area contributed by atoms with Crippen LogP contribution in [0, 0.1) is 6.92 Å². The minimum absolute atomic E-state index is 0.0677. The van der Waals surface area contributed by atoms with E-state index in [1.807, 2.05) is 13.0 Å². The van der Waals surface area contributed by atoms with E-state index in [1.54, 1.807) is 26.2 Å². The third-order valence-corrected chi connectivity index (χ3v) is 2.58. The van der Waals surface area contributed by atoms with Gasteiger partial charge in [-0.1, -0.05) is 12.1 Å². The molecule has 0 aliphatic carbocycles. The van der Waals surface area contributed by atoms with Gasteiger partial charge in [0.15, 0.2) is 11.2 Å². The van der Waals surface area contributed by atoms with E-state index in [1.165, 1.54) is 11.0 Å². The molecule has 0 radical (unpaired) electrons. The molecule has 1 amide bonds. The Balaban J connectivity index is 2.73. The van der Waals surface area contributed by atoms with Gasteiger partial charge in [-0.3, -0.25) is 9.59 Å². The summed E-state index contributed by atoms with van der Waals surface area (Å²) in [5.74, 6) is -0.247. The summed E-state index contributed by atoms with van der Waals surface area (Å²) >= 11 is 0. The molecule has 0 saturated heterocycles. The van der Waals surface area contributed by atoms with Crippen molar-refractivity contribution in [2.45, 2.75) is 6.92 Å². The Morgan fingerprint density at radius 2 is 2.00 bits per heavy atom. The second-order valence-corrected chi connectivity index (χ2v) is 4.12. The minimum Gasteiger partial charge on any atom is -0.451 e. The predicted molar refractivity (Wildman–Crippen MR) is 65.2 cm³/mol. The van der Waals surface area contributed by atoms with E-state index in [-0.39, 0.29) is 17.1 Å². The van der Waals surface area contributed by atoms with Gasteiger partial charge in [0.25, 0.3) is 5.91 Å². The molecular formula is C13H13NO3. The average Bonchev–Trinajstić information content (AvgIpc) is 2.27. The molecule has 1 heterocycles. The van der Waals surface area contributed by atoms with Crippen LogP contribution in [0.25, 0.3) is 11.0 Å². The first kappa shape index (κ1) is 11.4. The topological polar surface area (TPSA) is 50.5 Å². The van der Waals surface area contributed by atoms with Gasteiger partial charge in [-0.05, 0) is 18.6 Å². The summed E-state index contributed by atoms with van der Waals surface area (Å²) in [6.45, 7) is 1.84. The normalized spacial score (nSPS) is 10.5. The van der Waals surface area contributed by atoms with Gasteiger partial charge in [-0.15, -0.1) is 0 Å². The lowest BCUT2D eigenvalue weighted by molar-refractivity contribution is 0.0797. The zero-order valence-corrected chi connectivity index (χ0v) is 9.98. The average molecular weight is 231 g/mol. The maximum atomic E-state index is 11.9. The number of benzene rings is 1. The molecule has 0 spiro atoms. The molecule has 0 atom stereocenters. The number of carbonyl (C=O) groups excluding carboxylic acids is 1. The van der Waals surface area contributed by atoms with Crippen LogP contribution < -0.4 is 5.43 Å². The van der Waals surface area contributed by atoms with E-state index >= 15 is 0 Å². The van der Waals surface area contributed by atoms with E-state index in [9.17, 15) is 9.59 Å². The second-order valence-electron chi connectivity index (χ2n) is 4.12. The summed E-state index contributed by atoms with van der Waals surface area (Å²) in [4.78, 5) is 25.0. The van der Waals surface area contributed by atoms with Gasteiger partial charge in [0.2, 0.25) is 0 Å². The van der Waals surface area contributed by atoms with E-state index in [4.69, 9.17) is 4.42 Å². The summed E-state index contributed by atoms with van der Waals surface area (Å²) < 4.78 is 5.46. The molecule has 1 aromatic heterocycles. The molecule has 0 N–H and O–H groups in total. The van der Waals surface area contributed by atoms with Crippen LogP contribution in [0.5, 0.6) is 0 Å². The van der Waals surface area contributed by atoms with Crippen LogP contribution in [-0.4, -0.2) is 24.9 Å². The number of hydrogen-bond acceptors (Lipinski definition) is 3. The number of nitrogens with zero attached hydrogens (tertiary/aromatic N) is 1. The lowest BCUT2D eigenvalue weighted by Crippen LogP contribution is -2.23. The smallest absolute Gasteiger partial charge is 0.289 e. The van der Waals surface area contributed by atoms with Gasteiger partial charge in [-0.2, -0.15) is 0 Å². The summed E-state index contributed by atoms with van der Waals surface area (Å²) in [6, 6.07) is 6.57. The summed E-state index contributed by atoms with van der Waals surface area (Å²) in [6.07, 6.45) is 0. The number of carbonyl (C=O) groups is 1. The fraction of sp³-hybridized carbons (Fsp3) is 0.231. The van der Waals surface area contributed by atoms with E-state index in [0.29, 0.717) is 11.0 Å². The van der Waals surface area contributed by atoms with E-state index in [0.717, 1.165) is 5.56 Å². The molecule has 4 heteroatoms. The largest absolute Gasteiger partial charge is 0.451 e. The Bertz CT molecular complexity index is 641. The molecule has 0 saturated carbocycles. The molecule has 2 aromatic rings. The van der Waals surface area contributed by atoms with Gasteiger partial charge in [0.1, 0.15) is 5.58 Å². The van der Waals surface area contributed by atoms with Crippen LogP contribution in [-0.2, 0) is 0 Å². The first-order chi connectivity index (χ1) is 8.00. The van der Waals surface area contributed by atoms with E-state index in [2.05, 4.69) is 0 Å². The highest BCUT2D eigenvalue weighted by atomic mass is 16.3. The standard InChI is InChI=1S/C13H13NO3/c1-8-5-4-6-10-12(8)9(15)7-11(17-10)13(16)14(2)3/h4-7H,1-3H3. The Morgan fingerprint density at radius 1 is 1.29 bits per heavy atom. The fourth-order valence-corrected chi connectivity index (χ4v) is 1.71. The number of amides is 1. The van der Waals surface area contributed by atoms with Crippen LogP contribution in [0.2, 0.25) is 0 Å². The zero-order chi connectivity index (χ0) is 12.6. The van der Waals surface area contributed by atoms with Crippen molar-refractivity contribution in [3.63, 3.8) is 0 Å². The Kier molecular flexibility index (Phi) is 2.71. The molecule has 17 heavy (non-hydrogen) atoms. The quantitative estimate of drug-likeness (QED) is 0.752. The lowest BCUT2D eigenvalue weighted by atomic mass is 10.1. The van der Waals surface area contributed by atoms with Crippen molar-refractivity contribution < 1.29 is 9.21 Å². The van der Waals surface area contributed by atoms with Crippen LogP contribution in [0.15, 0.2) is 33.5 Å². The number of rotatable bonds is 1. The second kappa shape index (κ2) is 4.05. The maximum Gasteiger partial charge on any atom is 0.289 e. The molecule has 0 unspecified atom stereocenters. The summed E-state index contributed by atoms with van der Waals surface area (Å²) in [5.41, 5.74) is 1.11. The highest BCUT2D eigenvalue weighted by Crippen LogP contribution is 2.16. The molecule has 4 nitrogen and oxygen atoms in total. The monoisotopic (exact) mass is 231 g/mol. The molecule has 0 aliphatic heterocycles. The Hall–Kier alpha value is -2.10. The summed E-state index contributed by atoms with van der Waals surface area (Å²) in [7, 11) is 3.23. The van der Waals surface area contributed by atoms with Crippen LogP contribution in [0.4, 0.5) is 0 Å². The highest BCUT2D eigenvalue weighted by molar-refractivity contribution is 5.93. The first-order valence-corrected chi connectivity index (χ1v) is 5.26.